The second kappa shape index (κ2) is 8.64. The third-order valence-electron chi connectivity index (χ3n) is 4.78. The van der Waals surface area contributed by atoms with Gasteiger partial charge >= 0.3 is 0 Å². The normalized spacial score (nSPS) is 13.6. The van der Waals surface area contributed by atoms with Crippen LogP contribution in [-0.4, -0.2) is 38.5 Å². The van der Waals surface area contributed by atoms with Crippen molar-refractivity contribution in [2.24, 2.45) is 0 Å². The summed E-state index contributed by atoms with van der Waals surface area (Å²) in [7, 11) is -2.68. The number of allylic oxidation sites excluding steroid dienone is 1. The lowest BCUT2D eigenvalue weighted by Crippen LogP contribution is -2.16. The maximum absolute atomic E-state index is 13.0. The Kier molecular flexibility index (Phi) is 5.76. The summed E-state index contributed by atoms with van der Waals surface area (Å²) in [6.45, 7) is 1.01. The number of nitrogens with one attached hydrogen (secondary N) is 3. The molecule has 3 N–H and O–H groups in total. The number of nitrogens with zero attached hydrogens (tertiary/aromatic N) is 2. The van der Waals surface area contributed by atoms with Gasteiger partial charge in [0.15, 0.2) is 11.4 Å². The summed E-state index contributed by atoms with van der Waals surface area (Å²) >= 11 is 0. The largest absolute Gasteiger partial charge is 0.492 e. The first-order valence-electron chi connectivity index (χ1n) is 9.53. The van der Waals surface area contributed by atoms with E-state index >= 15 is 0 Å². The number of ether oxygens (including phenoxy) is 2. The Bertz CT molecular complexity index is 1250. The summed E-state index contributed by atoms with van der Waals surface area (Å²) in [4.78, 5) is 3.83. The zero-order chi connectivity index (χ0) is 21.8. The van der Waals surface area contributed by atoms with Crippen LogP contribution >= 0.6 is 0 Å². The van der Waals surface area contributed by atoms with Crippen LogP contribution in [0.5, 0.6) is 11.6 Å². The van der Waals surface area contributed by atoms with E-state index in [0.717, 1.165) is 24.0 Å². The summed E-state index contributed by atoms with van der Waals surface area (Å²) in [5.41, 5.74) is 2.33. The quantitative estimate of drug-likeness (QED) is 0.452. The molecule has 0 bridgehead atoms. The van der Waals surface area contributed by atoms with Crippen molar-refractivity contribution in [1.29, 1.82) is 5.41 Å². The minimum atomic E-state index is -4.03. The number of benzene rings is 1. The molecule has 3 heterocycles. The van der Waals surface area contributed by atoms with Crippen molar-refractivity contribution >= 4 is 33.0 Å². The van der Waals surface area contributed by atoms with E-state index in [2.05, 4.69) is 20.2 Å². The minimum Gasteiger partial charge on any atom is -0.492 e. The number of aromatic nitrogens is 2. The molecule has 31 heavy (non-hydrogen) atoms. The molecule has 0 saturated heterocycles. The Morgan fingerprint density at radius 1 is 1.39 bits per heavy atom. The fraction of sp³-hybridized carbons (Fsp3) is 0.250. The van der Waals surface area contributed by atoms with Crippen molar-refractivity contribution in [3.05, 3.63) is 47.8 Å². The molecule has 1 aliphatic rings. The van der Waals surface area contributed by atoms with Crippen molar-refractivity contribution in [3.8, 4) is 11.6 Å². The van der Waals surface area contributed by atoms with Gasteiger partial charge in [-0.15, -0.1) is 0 Å². The van der Waals surface area contributed by atoms with Gasteiger partial charge in [-0.05, 0) is 48.9 Å². The van der Waals surface area contributed by atoms with E-state index in [1.54, 1.807) is 12.3 Å². The van der Waals surface area contributed by atoms with Crippen LogP contribution < -0.4 is 19.5 Å². The van der Waals surface area contributed by atoms with Crippen LogP contribution in [0.4, 0.5) is 5.82 Å². The Morgan fingerprint density at radius 3 is 3.06 bits per heavy atom. The monoisotopic (exact) mass is 443 g/mol. The van der Waals surface area contributed by atoms with E-state index in [0.29, 0.717) is 29.9 Å². The molecule has 0 unspecified atom stereocenters. The van der Waals surface area contributed by atoms with Crippen molar-refractivity contribution < 1.29 is 22.4 Å². The molecule has 0 spiro atoms. The zero-order valence-electron chi connectivity index (χ0n) is 16.7. The first-order valence-corrected chi connectivity index (χ1v) is 11.0. The van der Waals surface area contributed by atoms with Gasteiger partial charge in [-0.1, -0.05) is 5.16 Å². The van der Waals surface area contributed by atoms with Gasteiger partial charge in [-0.25, -0.2) is 13.4 Å². The summed E-state index contributed by atoms with van der Waals surface area (Å²) in [6.07, 6.45) is 7.51. The summed E-state index contributed by atoms with van der Waals surface area (Å²) in [5.74, 6) is 0.586. The SMILES string of the molecule is COc1ncccc1S(=O)(=O)Nc1noc2cc(CN/C=C\C=N)c3c(c12)OCCC3. The van der Waals surface area contributed by atoms with E-state index in [-0.39, 0.29) is 16.6 Å². The van der Waals surface area contributed by atoms with Gasteiger partial charge in [-0.3, -0.25) is 4.72 Å². The molecule has 0 atom stereocenters. The Hall–Kier alpha value is -3.60. The van der Waals surface area contributed by atoms with Gasteiger partial charge in [0.1, 0.15) is 16.0 Å². The van der Waals surface area contributed by atoms with Crippen LogP contribution in [0.2, 0.25) is 0 Å². The second-order valence-electron chi connectivity index (χ2n) is 6.72. The molecule has 2 aromatic heterocycles. The Balaban J connectivity index is 1.75. The van der Waals surface area contributed by atoms with Crippen molar-refractivity contribution in [2.45, 2.75) is 24.3 Å². The van der Waals surface area contributed by atoms with E-state index in [4.69, 9.17) is 19.4 Å². The molecule has 0 fully saturated rings. The first-order chi connectivity index (χ1) is 15.0. The number of fused-ring (bicyclic) bond motifs is 3. The molecule has 4 rings (SSSR count). The third kappa shape index (κ3) is 4.04. The van der Waals surface area contributed by atoms with Crippen LogP contribution in [0.3, 0.4) is 0 Å². The molecule has 0 radical (unpaired) electrons. The van der Waals surface area contributed by atoms with Gasteiger partial charge in [0.25, 0.3) is 10.0 Å². The summed E-state index contributed by atoms with van der Waals surface area (Å²) in [6, 6.07) is 4.73. The molecular weight excluding hydrogens is 422 g/mol. The molecule has 10 nitrogen and oxygen atoms in total. The Labute approximate surface area is 178 Å². The molecule has 11 heteroatoms. The highest BCUT2D eigenvalue weighted by molar-refractivity contribution is 7.92. The number of hydrogen-bond donors (Lipinski definition) is 3. The van der Waals surface area contributed by atoms with Crippen LogP contribution in [0, 0.1) is 5.41 Å². The maximum atomic E-state index is 13.0. The van der Waals surface area contributed by atoms with Crippen molar-refractivity contribution in [3.63, 3.8) is 0 Å². The smallest absolute Gasteiger partial charge is 0.268 e. The number of rotatable bonds is 8. The highest BCUT2D eigenvalue weighted by Crippen LogP contribution is 2.41. The average molecular weight is 443 g/mol. The molecule has 0 saturated carbocycles. The predicted molar refractivity (Wildman–Crippen MR) is 114 cm³/mol. The number of sulfonamides is 1. The second-order valence-corrected chi connectivity index (χ2v) is 8.37. The van der Waals surface area contributed by atoms with Gasteiger partial charge < -0.3 is 24.7 Å². The number of pyridine rings is 1. The van der Waals surface area contributed by atoms with E-state index in [9.17, 15) is 8.42 Å². The van der Waals surface area contributed by atoms with Gasteiger partial charge in [0, 0.05) is 24.5 Å². The number of hydrogen-bond acceptors (Lipinski definition) is 9. The lowest BCUT2D eigenvalue weighted by Gasteiger charge is -2.21. The average Bonchev–Trinajstić information content (AvgIpc) is 3.18. The molecule has 0 aliphatic carbocycles. The summed E-state index contributed by atoms with van der Waals surface area (Å²) in [5, 5.41) is 14.6. The lowest BCUT2D eigenvalue weighted by molar-refractivity contribution is 0.291. The molecule has 1 aliphatic heterocycles. The number of methoxy groups -OCH3 is 1. The standard InChI is InChI=1S/C20H21N5O5S/c1-28-20-16(6-2-9-23-20)31(26,27)25-19-17-15(30-24-19)11-13(12-22-8-4-7-21)14-5-3-10-29-18(14)17/h2,4,6-9,11,21-22H,3,5,10,12H2,1H3,(H,24,25)/b8-4-,21-7?. The molecule has 162 valence electrons. The highest BCUT2D eigenvalue weighted by atomic mass is 32.2. The van der Waals surface area contributed by atoms with Crippen molar-refractivity contribution in [2.75, 3.05) is 18.4 Å². The maximum Gasteiger partial charge on any atom is 0.268 e. The van der Waals surface area contributed by atoms with Crippen LogP contribution in [0.1, 0.15) is 17.5 Å². The van der Waals surface area contributed by atoms with E-state index in [1.165, 1.54) is 31.7 Å². The lowest BCUT2D eigenvalue weighted by atomic mass is 9.97. The topological polar surface area (TPSA) is 139 Å². The molecule has 3 aromatic rings. The summed E-state index contributed by atoms with van der Waals surface area (Å²) < 4.78 is 44.8. The van der Waals surface area contributed by atoms with Gasteiger partial charge in [0.05, 0.1) is 13.7 Å². The predicted octanol–water partition coefficient (Wildman–Crippen LogP) is 2.61. The van der Waals surface area contributed by atoms with Crippen molar-refractivity contribution in [1.82, 2.24) is 15.5 Å². The minimum absolute atomic E-state index is 0.0209. The van der Waals surface area contributed by atoms with E-state index < -0.39 is 10.0 Å². The van der Waals surface area contributed by atoms with Gasteiger partial charge in [-0.2, -0.15) is 0 Å². The zero-order valence-corrected chi connectivity index (χ0v) is 17.5. The third-order valence-corrected chi connectivity index (χ3v) is 6.13. The molecule has 1 aromatic carbocycles. The first kappa shape index (κ1) is 20.7. The fourth-order valence-corrected chi connectivity index (χ4v) is 4.58. The molecular formula is C20H21N5O5S. The van der Waals surface area contributed by atoms with E-state index in [1.807, 2.05) is 6.07 Å². The fourth-order valence-electron chi connectivity index (χ4n) is 3.45. The molecule has 0 amide bonds. The van der Waals surface area contributed by atoms with Crippen LogP contribution in [-0.2, 0) is 23.0 Å². The van der Waals surface area contributed by atoms with Crippen LogP contribution in [0.25, 0.3) is 11.0 Å². The number of anilines is 1. The Morgan fingerprint density at radius 2 is 2.26 bits per heavy atom. The van der Waals surface area contributed by atoms with Gasteiger partial charge in [0.2, 0.25) is 5.88 Å². The van der Waals surface area contributed by atoms with Crippen LogP contribution in [0.15, 0.2) is 46.1 Å². The highest BCUT2D eigenvalue weighted by Gasteiger charge is 2.27.